The smallest absolute Gasteiger partial charge is 0.147 e. The van der Waals surface area contributed by atoms with Crippen LogP contribution in [0.3, 0.4) is 0 Å². The van der Waals surface area contributed by atoms with Crippen molar-refractivity contribution < 1.29 is 4.74 Å². The fourth-order valence-electron chi connectivity index (χ4n) is 1.87. The van der Waals surface area contributed by atoms with Gasteiger partial charge in [-0.2, -0.15) is 0 Å². The molecular weight excluding hydrogens is 305 g/mol. The first-order valence-corrected chi connectivity index (χ1v) is 6.68. The van der Waals surface area contributed by atoms with Gasteiger partial charge < -0.3 is 15.4 Å². The highest BCUT2D eigenvalue weighted by Crippen LogP contribution is 2.29. The van der Waals surface area contributed by atoms with Crippen LogP contribution in [-0.2, 0) is 4.74 Å². The van der Waals surface area contributed by atoms with Gasteiger partial charge in [0.25, 0.3) is 0 Å². The molecule has 0 aliphatic carbocycles. The van der Waals surface area contributed by atoms with E-state index in [1.165, 1.54) is 0 Å². The highest BCUT2D eigenvalue weighted by Gasteiger charge is 2.27. The summed E-state index contributed by atoms with van der Waals surface area (Å²) in [5, 5.41) is 0.642. The van der Waals surface area contributed by atoms with Gasteiger partial charge in [0.15, 0.2) is 0 Å². The Hall–Kier alpha value is -0.360. The number of hydrogen-bond acceptors (Lipinski definition) is 4. The van der Waals surface area contributed by atoms with Gasteiger partial charge in [-0.05, 0) is 28.9 Å². The van der Waals surface area contributed by atoms with Gasteiger partial charge in [0.05, 0.1) is 23.8 Å². The maximum atomic E-state index is 6.21. The molecule has 4 nitrogen and oxygen atoms in total. The summed E-state index contributed by atoms with van der Waals surface area (Å²) in [6, 6.07) is 2.10. The van der Waals surface area contributed by atoms with Gasteiger partial charge in [-0.1, -0.05) is 11.6 Å². The predicted molar refractivity (Wildman–Crippen MR) is 72.5 cm³/mol. The molecule has 2 unspecified atom stereocenters. The standard InChI is InChI=1S/C11H15BrClN3O/c1-7-6-17-9(3-14)5-16(7)11-10(13)2-8(12)4-15-11/h2,4,7,9H,3,5-6,14H2,1H3. The maximum absolute atomic E-state index is 6.21. The molecule has 1 aliphatic rings. The van der Waals surface area contributed by atoms with Crippen LogP contribution in [0.1, 0.15) is 6.92 Å². The summed E-state index contributed by atoms with van der Waals surface area (Å²) in [4.78, 5) is 6.52. The lowest BCUT2D eigenvalue weighted by Crippen LogP contribution is -2.51. The van der Waals surface area contributed by atoms with Gasteiger partial charge in [0.1, 0.15) is 5.82 Å². The first kappa shape index (κ1) is 13.1. The van der Waals surface area contributed by atoms with E-state index in [1.54, 1.807) is 6.20 Å². The number of anilines is 1. The maximum Gasteiger partial charge on any atom is 0.147 e. The van der Waals surface area contributed by atoms with E-state index in [4.69, 9.17) is 22.1 Å². The summed E-state index contributed by atoms with van der Waals surface area (Å²) < 4.78 is 6.49. The fraction of sp³-hybridized carbons (Fsp3) is 0.545. The van der Waals surface area contributed by atoms with E-state index in [9.17, 15) is 0 Å². The first-order chi connectivity index (χ1) is 8.11. The van der Waals surface area contributed by atoms with Crippen LogP contribution in [0, 0.1) is 0 Å². The predicted octanol–water partition coefficient (Wildman–Crippen LogP) is 2.05. The van der Waals surface area contributed by atoms with Gasteiger partial charge in [-0.3, -0.25) is 0 Å². The minimum atomic E-state index is 0.0488. The molecule has 0 aromatic carbocycles. The lowest BCUT2D eigenvalue weighted by molar-refractivity contribution is 0.0280. The van der Waals surface area contributed by atoms with Crippen molar-refractivity contribution in [2.45, 2.75) is 19.1 Å². The van der Waals surface area contributed by atoms with Crippen molar-refractivity contribution in [2.75, 3.05) is 24.6 Å². The molecule has 2 N–H and O–H groups in total. The lowest BCUT2D eigenvalue weighted by atomic mass is 10.2. The van der Waals surface area contributed by atoms with Crippen LogP contribution in [0.15, 0.2) is 16.7 Å². The topological polar surface area (TPSA) is 51.4 Å². The molecule has 1 aromatic rings. The van der Waals surface area contributed by atoms with E-state index in [1.807, 2.05) is 6.07 Å². The van der Waals surface area contributed by atoms with Crippen LogP contribution >= 0.6 is 27.5 Å². The summed E-state index contributed by atoms with van der Waals surface area (Å²) in [5.41, 5.74) is 5.64. The highest BCUT2D eigenvalue weighted by atomic mass is 79.9. The molecule has 0 amide bonds. The zero-order chi connectivity index (χ0) is 12.4. The van der Waals surface area contributed by atoms with Crippen LogP contribution in [0.2, 0.25) is 5.02 Å². The van der Waals surface area contributed by atoms with Gasteiger partial charge >= 0.3 is 0 Å². The molecule has 2 rings (SSSR count). The summed E-state index contributed by atoms with van der Waals surface area (Å²) in [7, 11) is 0. The average molecular weight is 321 g/mol. The highest BCUT2D eigenvalue weighted by molar-refractivity contribution is 9.10. The quantitative estimate of drug-likeness (QED) is 0.906. The number of rotatable bonds is 2. The molecule has 1 fully saturated rings. The number of morpholine rings is 1. The second kappa shape index (κ2) is 5.52. The molecule has 0 spiro atoms. The van der Waals surface area contributed by atoms with Crippen LogP contribution in [0.25, 0.3) is 0 Å². The van der Waals surface area contributed by atoms with Gasteiger partial charge in [0, 0.05) is 23.8 Å². The molecule has 6 heteroatoms. The molecule has 2 heterocycles. The molecule has 1 saturated heterocycles. The zero-order valence-electron chi connectivity index (χ0n) is 9.57. The molecule has 0 saturated carbocycles. The van der Waals surface area contributed by atoms with Crippen molar-refractivity contribution >= 4 is 33.3 Å². The molecule has 1 aliphatic heterocycles. The van der Waals surface area contributed by atoms with Gasteiger partial charge in [0.2, 0.25) is 0 Å². The lowest BCUT2D eigenvalue weighted by Gasteiger charge is -2.38. The SMILES string of the molecule is CC1COC(CN)CN1c1ncc(Br)cc1Cl. The third kappa shape index (κ3) is 2.91. The zero-order valence-corrected chi connectivity index (χ0v) is 11.9. The van der Waals surface area contributed by atoms with Crippen molar-refractivity contribution in [3.05, 3.63) is 21.8 Å². The molecule has 1 aromatic heterocycles. The van der Waals surface area contributed by atoms with E-state index in [-0.39, 0.29) is 12.1 Å². The van der Waals surface area contributed by atoms with Crippen LogP contribution in [0.5, 0.6) is 0 Å². The summed E-state index contributed by atoms with van der Waals surface area (Å²) in [5.74, 6) is 0.795. The van der Waals surface area contributed by atoms with Crippen molar-refractivity contribution in [2.24, 2.45) is 5.73 Å². The fourth-order valence-corrected chi connectivity index (χ4v) is 2.61. The largest absolute Gasteiger partial charge is 0.373 e. The van der Waals surface area contributed by atoms with Crippen molar-refractivity contribution in [3.63, 3.8) is 0 Å². The normalized spacial score (nSPS) is 25.1. The number of nitrogens with zero attached hydrogens (tertiary/aromatic N) is 2. The van der Waals surface area contributed by atoms with E-state index in [0.29, 0.717) is 18.2 Å². The number of hydrogen-bond donors (Lipinski definition) is 1. The van der Waals surface area contributed by atoms with E-state index in [0.717, 1.165) is 16.8 Å². The van der Waals surface area contributed by atoms with Gasteiger partial charge in [-0.15, -0.1) is 0 Å². The Labute approximate surface area is 114 Å². The number of nitrogens with two attached hydrogens (primary N) is 1. The van der Waals surface area contributed by atoms with Crippen LogP contribution in [0.4, 0.5) is 5.82 Å². The molecule has 2 atom stereocenters. The average Bonchev–Trinajstić information content (AvgIpc) is 2.30. The van der Waals surface area contributed by atoms with Crippen molar-refractivity contribution in [3.8, 4) is 0 Å². The molecular formula is C11H15BrClN3O. The van der Waals surface area contributed by atoms with Crippen LogP contribution < -0.4 is 10.6 Å². The number of aromatic nitrogens is 1. The Bertz CT molecular complexity index is 404. The summed E-state index contributed by atoms with van der Waals surface area (Å²) in [6.07, 6.45) is 1.80. The molecule has 17 heavy (non-hydrogen) atoms. The Morgan fingerprint density at radius 3 is 3.12 bits per heavy atom. The summed E-state index contributed by atoms with van der Waals surface area (Å²) >= 11 is 9.56. The van der Waals surface area contributed by atoms with E-state index in [2.05, 4.69) is 32.7 Å². The van der Waals surface area contributed by atoms with Crippen molar-refractivity contribution in [1.82, 2.24) is 4.98 Å². The molecule has 94 valence electrons. The Kier molecular flexibility index (Phi) is 4.25. The minimum Gasteiger partial charge on any atom is -0.373 e. The van der Waals surface area contributed by atoms with Crippen molar-refractivity contribution in [1.29, 1.82) is 0 Å². The second-order valence-electron chi connectivity index (χ2n) is 4.15. The molecule has 0 bridgehead atoms. The van der Waals surface area contributed by atoms with E-state index < -0.39 is 0 Å². The monoisotopic (exact) mass is 319 g/mol. The second-order valence-corrected chi connectivity index (χ2v) is 5.47. The Balaban J connectivity index is 2.24. The molecule has 0 radical (unpaired) electrons. The number of halogens is 2. The first-order valence-electron chi connectivity index (χ1n) is 5.51. The Morgan fingerprint density at radius 2 is 2.47 bits per heavy atom. The van der Waals surface area contributed by atoms with E-state index >= 15 is 0 Å². The third-order valence-electron chi connectivity index (χ3n) is 2.83. The third-order valence-corrected chi connectivity index (χ3v) is 3.54. The van der Waals surface area contributed by atoms with Gasteiger partial charge in [-0.25, -0.2) is 4.98 Å². The Morgan fingerprint density at radius 1 is 1.71 bits per heavy atom. The number of ether oxygens (including phenoxy) is 1. The minimum absolute atomic E-state index is 0.0488. The van der Waals surface area contributed by atoms with Crippen LogP contribution in [-0.4, -0.2) is 36.8 Å². The summed E-state index contributed by atoms with van der Waals surface area (Å²) in [6.45, 7) is 3.98. The number of pyridine rings is 1.